The highest BCUT2D eigenvalue weighted by molar-refractivity contribution is 6.32. The molecular weight excluding hydrogens is 554 g/mol. The predicted molar refractivity (Wildman–Crippen MR) is 162 cm³/mol. The SMILES string of the molecule is COc1cccc(-c2cccc(COc3cc(OCc4cncc(C#N)c4)c(CNC(CO)CO)cc3Cl)c2C)c1C. The lowest BCUT2D eigenvalue weighted by atomic mass is 9.93. The van der Waals surface area contributed by atoms with E-state index >= 15 is 0 Å². The molecular formula is C33H34ClN3O5. The predicted octanol–water partition coefficient (Wildman–Crippen LogP) is 5.50. The molecule has 0 fully saturated rings. The maximum absolute atomic E-state index is 9.47. The van der Waals surface area contributed by atoms with Gasteiger partial charge in [0.05, 0.1) is 37.0 Å². The number of ether oxygens (including phenoxy) is 3. The summed E-state index contributed by atoms with van der Waals surface area (Å²) < 4.78 is 17.9. The molecule has 0 aliphatic rings. The lowest BCUT2D eigenvalue weighted by molar-refractivity contribution is 0.170. The molecule has 0 bridgehead atoms. The van der Waals surface area contributed by atoms with Crippen molar-refractivity contribution in [1.29, 1.82) is 5.26 Å². The molecule has 3 N–H and O–H groups in total. The van der Waals surface area contributed by atoms with Gasteiger partial charge >= 0.3 is 0 Å². The second kappa shape index (κ2) is 14.7. The van der Waals surface area contributed by atoms with Gasteiger partial charge in [0.15, 0.2) is 0 Å². The van der Waals surface area contributed by atoms with Crippen LogP contribution in [0.3, 0.4) is 0 Å². The fourth-order valence-electron chi connectivity index (χ4n) is 4.60. The van der Waals surface area contributed by atoms with Crippen molar-refractivity contribution in [2.24, 2.45) is 0 Å². The van der Waals surface area contributed by atoms with Crippen molar-refractivity contribution in [2.75, 3.05) is 20.3 Å². The van der Waals surface area contributed by atoms with Gasteiger partial charge in [-0.1, -0.05) is 41.9 Å². The van der Waals surface area contributed by atoms with Gasteiger partial charge in [0.1, 0.15) is 36.5 Å². The first-order valence-corrected chi connectivity index (χ1v) is 13.9. The molecule has 0 saturated heterocycles. The van der Waals surface area contributed by atoms with Crippen LogP contribution in [0.4, 0.5) is 0 Å². The van der Waals surface area contributed by atoms with Crippen LogP contribution in [0.25, 0.3) is 11.1 Å². The third kappa shape index (κ3) is 7.38. The number of halogens is 1. The van der Waals surface area contributed by atoms with E-state index in [-0.39, 0.29) is 26.4 Å². The molecule has 0 aliphatic carbocycles. The van der Waals surface area contributed by atoms with Crippen molar-refractivity contribution in [3.63, 3.8) is 0 Å². The zero-order chi connectivity index (χ0) is 30.1. The molecule has 0 amide bonds. The normalized spacial score (nSPS) is 10.9. The van der Waals surface area contributed by atoms with Crippen molar-refractivity contribution in [3.8, 4) is 34.4 Å². The van der Waals surface area contributed by atoms with E-state index in [1.54, 1.807) is 31.5 Å². The number of rotatable bonds is 13. The molecule has 0 atom stereocenters. The Kier molecular flexibility index (Phi) is 10.8. The number of hydrogen-bond acceptors (Lipinski definition) is 8. The summed E-state index contributed by atoms with van der Waals surface area (Å²) in [5.74, 6) is 1.79. The van der Waals surface area contributed by atoms with Gasteiger partial charge in [-0.2, -0.15) is 5.26 Å². The second-order valence-corrected chi connectivity index (χ2v) is 10.2. The number of nitrogens with one attached hydrogen (secondary N) is 1. The van der Waals surface area contributed by atoms with Crippen LogP contribution in [0.1, 0.15) is 33.4 Å². The van der Waals surface area contributed by atoms with Crippen molar-refractivity contribution >= 4 is 11.6 Å². The van der Waals surface area contributed by atoms with Gasteiger partial charge < -0.3 is 29.7 Å². The minimum atomic E-state index is -0.493. The number of aliphatic hydroxyl groups excluding tert-OH is 2. The minimum absolute atomic E-state index is 0.168. The van der Waals surface area contributed by atoms with Gasteiger partial charge in [0.25, 0.3) is 0 Å². The molecule has 0 aliphatic heterocycles. The van der Waals surface area contributed by atoms with Crippen LogP contribution in [0.15, 0.2) is 67.0 Å². The Balaban J connectivity index is 1.59. The third-order valence-corrected chi connectivity index (χ3v) is 7.37. The lowest BCUT2D eigenvalue weighted by Gasteiger charge is -2.19. The highest BCUT2D eigenvalue weighted by Gasteiger charge is 2.16. The quantitative estimate of drug-likeness (QED) is 0.188. The van der Waals surface area contributed by atoms with Crippen LogP contribution in [0.5, 0.6) is 17.2 Å². The molecule has 42 heavy (non-hydrogen) atoms. The van der Waals surface area contributed by atoms with Gasteiger partial charge in [-0.05, 0) is 59.9 Å². The highest BCUT2D eigenvalue weighted by Crippen LogP contribution is 2.36. The Labute approximate surface area is 251 Å². The van der Waals surface area contributed by atoms with Crippen molar-refractivity contribution in [1.82, 2.24) is 10.3 Å². The first-order chi connectivity index (χ1) is 20.4. The van der Waals surface area contributed by atoms with Gasteiger partial charge in [-0.15, -0.1) is 0 Å². The topological polar surface area (TPSA) is 117 Å². The zero-order valence-corrected chi connectivity index (χ0v) is 24.6. The Bertz CT molecular complexity index is 1570. The summed E-state index contributed by atoms with van der Waals surface area (Å²) in [5, 5.41) is 31.6. The molecule has 1 aromatic heterocycles. The summed E-state index contributed by atoms with van der Waals surface area (Å²) in [4.78, 5) is 4.10. The molecule has 3 aromatic carbocycles. The van der Waals surface area contributed by atoms with Crippen LogP contribution in [0, 0.1) is 25.2 Å². The summed E-state index contributed by atoms with van der Waals surface area (Å²) in [7, 11) is 1.67. The number of nitriles is 1. The molecule has 9 heteroatoms. The Morgan fingerprint density at radius 3 is 2.31 bits per heavy atom. The number of nitrogens with zero attached hydrogens (tertiary/aromatic N) is 2. The van der Waals surface area contributed by atoms with Gasteiger partial charge in [-0.25, -0.2) is 0 Å². The van der Waals surface area contributed by atoms with E-state index in [0.717, 1.165) is 44.7 Å². The van der Waals surface area contributed by atoms with Crippen LogP contribution in [0.2, 0.25) is 5.02 Å². The second-order valence-electron chi connectivity index (χ2n) is 9.83. The molecule has 4 rings (SSSR count). The summed E-state index contributed by atoms with van der Waals surface area (Å²) >= 11 is 6.66. The highest BCUT2D eigenvalue weighted by atomic mass is 35.5. The van der Waals surface area contributed by atoms with E-state index in [2.05, 4.69) is 35.4 Å². The molecule has 4 aromatic rings. The molecule has 0 radical (unpaired) electrons. The van der Waals surface area contributed by atoms with Crippen LogP contribution < -0.4 is 19.5 Å². The van der Waals surface area contributed by atoms with E-state index in [1.165, 1.54) is 6.20 Å². The van der Waals surface area contributed by atoms with E-state index in [1.807, 2.05) is 31.2 Å². The fourth-order valence-corrected chi connectivity index (χ4v) is 4.84. The number of aliphatic hydroxyl groups is 2. The van der Waals surface area contributed by atoms with E-state index < -0.39 is 6.04 Å². The number of methoxy groups -OCH3 is 1. The number of hydrogen-bond donors (Lipinski definition) is 3. The standard InChI is InChI=1S/C33H34ClN3O5/c1-21-25(6-4-7-28(21)29-8-5-9-31(40-3)22(29)2)20-42-33-12-32(41-19-24-10-23(13-35)14-36-15-24)26(11-30(33)34)16-37-27(17-38)18-39/h4-12,14-15,27,37-39H,16-20H2,1-3H3. The lowest BCUT2D eigenvalue weighted by Crippen LogP contribution is -2.35. The molecule has 218 valence electrons. The van der Waals surface area contributed by atoms with Crippen LogP contribution in [-0.4, -0.2) is 41.6 Å². The van der Waals surface area contributed by atoms with Gasteiger partial charge in [0.2, 0.25) is 0 Å². The fraction of sp³-hybridized carbons (Fsp3) is 0.273. The monoisotopic (exact) mass is 587 g/mol. The average Bonchev–Trinajstić information content (AvgIpc) is 3.01. The summed E-state index contributed by atoms with van der Waals surface area (Å²) in [6, 6.07) is 18.9. The van der Waals surface area contributed by atoms with E-state index in [4.69, 9.17) is 25.8 Å². The molecule has 1 heterocycles. The Morgan fingerprint density at radius 2 is 1.60 bits per heavy atom. The smallest absolute Gasteiger partial charge is 0.142 e. The Hall–Kier alpha value is -4.13. The number of aromatic nitrogens is 1. The first-order valence-electron chi connectivity index (χ1n) is 13.5. The third-order valence-electron chi connectivity index (χ3n) is 7.08. The van der Waals surface area contributed by atoms with Crippen molar-refractivity contribution in [3.05, 3.63) is 105 Å². The van der Waals surface area contributed by atoms with Crippen molar-refractivity contribution in [2.45, 2.75) is 39.6 Å². The van der Waals surface area contributed by atoms with Crippen LogP contribution in [-0.2, 0) is 19.8 Å². The van der Waals surface area contributed by atoms with Crippen LogP contribution >= 0.6 is 11.6 Å². The molecule has 8 nitrogen and oxygen atoms in total. The largest absolute Gasteiger partial charge is 0.496 e. The van der Waals surface area contributed by atoms with Gasteiger partial charge in [0, 0.05) is 36.1 Å². The van der Waals surface area contributed by atoms with E-state index in [9.17, 15) is 15.5 Å². The maximum atomic E-state index is 9.47. The van der Waals surface area contributed by atoms with E-state index in [0.29, 0.717) is 28.6 Å². The zero-order valence-electron chi connectivity index (χ0n) is 23.9. The van der Waals surface area contributed by atoms with Crippen molar-refractivity contribution < 1.29 is 24.4 Å². The number of pyridine rings is 1. The number of benzene rings is 3. The average molecular weight is 588 g/mol. The Morgan fingerprint density at radius 1 is 0.881 bits per heavy atom. The summed E-state index contributed by atoms with van der Waals surface area (Å²) in [6.45, 7) is 4.42. The van der Waals surface area contributed by atoms with Gasteiger partial charge in [-0.3, -0.25) is 4.98 Å². The summed E-state index contributed by atoms with van der Waals surface area (Å²) in [6.07, 6.45) is 3.13. The molecule has 0 spiro atoms. The first kappa shape index (κ1) is 30.8. The molecule has 0 unspecified atom stereocenters. The molecule has 0 saturated carbocycles. The minimum Gasteiger partial charge on any atom is -0.496 e. The summed E-state index contributed by atoms with van der Waals surface area (Å²) in [5.41, 5.74) is 7.24. The maximum Gasteiger partial charge on any atom is 0.142 e.